The van der Waals surface area contributed by atoms with Crippen LogP contribution in [-0.4, -0.2) is 35.9 Å². The molecule has 0 spiro atoms. The van der Waals surface area contributed by atoms with Crippen molar-refractivity contribution in [1.29, 1.82) is 0 Å². The summed E-state index contributed by atoms with van der Waals surface area (Å²) in [4.78, 5) is 12.3. The Kier molecular flexibility index (Phi) is 4.85. The maximum absolute atomic E-state index is 12.3. The summed E-state index contributed by atoms with van der Waals surface area (Å²) in [5.41, 5.74) is -0.346. The SMILES string of the molecule is CC(C)(OC(=O)C1CCC(O)CC1)C1CC[NH2+]CC1. The number of nitrogens with two attached hydrogens (primary N) is 1. The van der Waals surface area contributed by atoms with Gasteiger partial charge in [0.2, 0.25) is 0 Å². The molecule has 0 radical (unpaired) electrons. The van der Waals surface area contributed by atoms with Gasteiger partial charge in [-0.2, -0.15) is 0 Å². The molecule has 4 heteroatoms. The highest BCUT2D eigenvalue weighted by Gasteiger charge is 2.37. The molecule has 1 saturated carbocycles. The highest BCUT2D eigenvalue weighted by Crippen LogP contribution is 2.31. The van der Waals surface area contributed by atoms with Crippen molar-refractivity contribution in [3.63, 3.8) is 0 Å². The second-order valence-corrected chi connectivity index (χ2v) is 6.67. The minimum Gasteiger partial charge on any atom is -0.459 e. The minimum atomic E-state index is -0.346. The van der Waals surface area contributed by atoms with Crippen LogP contribution < -0.4 is 5.32 Å². The molecule has 2 rings (SSSR count). The summed E-state index contributed by atoms with van der Waals surface area (Å²) in [5.74, 6) is 0.430. The molecule has 0 bridgehead atoms. The van der Waals surface area contributed by atoms with E-state index >= 15 is 0 Å². The van der Waals surface area contributed by atoms with Crippen LogP contribution in [0.5, 0.6) is 0 Å². The summed E-state index contributed by atoms with van der Waals surface area (Å²) in [5, 5.41) is 11.8. The maximum Gasteiger partial charge on any atom is 0.309 e. The summed E-state index contributed by atoms with van der Waals surface area (Å²) in [6.07, 6.45) is 5.05. The van der Waals surface area contributed by atoms with Crippen molar-refractivity contribution in [2.45, 2.75) is 64.1 Å². The van der Waals surface area contributed by atoms with Crippen LogP contribution in [0.1, 0.15) is 52.4 Å². The lowest BCUT2D eigenvalue weighted by Crippen LogP contribution is -2.86. The molecule has 0 aromatic heterocycles. The Morgan fingerprint density at radius 3 is 2.26 bits per heavy atom. The van der Waals surface area contributed by atoms with E-state index in [2.05, 4.69) is 19.2 Å². The van der Waals surface area contributed by atoms with Gasteiger partial charge in [0, 0.05) is 18.8 Å². The molecule has 0 unspecified atom stereocenters. The normalized spacial score (nSPS) is 30.1. The van der Waals surface area contributed by atoms with E-state index in [9.17, 15) is 9.90 Å². The molecule has 0 aromatic carbocycles. The van der Waals surface area contributed by atoms with Gasteiger partial charge in [-0.05, 0) is 39.5 Å². The molecule has 3 N–H and O–H groups in total. The Hall–Kier alpha value is -0.610. The van der Waals surface area contributed by atoms with Crippen molar-refractivity contribution in [2.75, 3.05) is 13.1 Å². The van der Waals surface area contributed by atoms with Crippen molar-refractivity contribution in [1.82, 2.24) is 0 Å². The standard InChI is InChI=1S/C15H27NO3/c1-15(2,12-7-9-16-10-8-12)19-14(18)11-3-5-13(17)6-4-11/h11-13,16-17H,3-10H2,1-2H3/p+1. The van der Waals surface area contributed by atoms with E-state index in [1.54, 1.807) is 0 Å². The smallest absolute Gasteiger partial charge is 0.309 e. The summed E-state index contributed by atoms with van der Waals surface area (Å²) in [6, 6.07) is 0. The third-order valence-electron chi connectivity index (χ3n) is 4.82. The highest BCUT2D eigenvalue weighted by molar-refractivity contribution is 5.73. The van der Waals surface area contributed by atoms with E-state index in [0.29, 0.717) is 5.92 Å². The molecule has 1 saturated heterocycles. The molecule has 2 aliphatic rings. The van der Waals surface area contributed by atoms with Gasteiger partial charge >= 0.3 is 5.97 Å². The molecule has 0 atom stereocenters. The maximum atomic E-state index is 12.3. The first-order chi connectivity index (χ1) is 8.99. The van der Waals surface area contributed by atoms with Crippen LogP contribution in [0.15, 0.2) is 0 Å². The number of hydrogen-bond acceptors (Lipinski definition) is 3. The second kappa shape index (κ2) is 6.23. The number of aliphatic hydroxyl groups excluding tert-OH is 1. The zero-order chi connectivity index (χ0) is 13.9. The first-order valence-corrected chi connectivity index (χ1v) is 7.71. The van der Waals surface area contributed by atoms with E-state index < -0.39 is 0 Å². The van der Waals surface area contributed by atoms with E-state index in [0.717, 1.165) is 51.6 Å². The lowest BCUT2D eigenvalue weighted by molar-refractivity contribution is -0.665. The third-order valence-corrected chi connectivity index (χ3v) is 4.82. The zero-order valence-electron chi connectivity index (χ0n) is 12.2. The summed E-state index contributed by atoms with van der Waals surface area (Å²) in [7, 11) is 0. The molecular formula is C15H28NO3+. The predicted octanol–water partition coefficient (Wildman–Crippen LogP) is 0.833. The Morgan fingerprint density at radius 1 is 1.11 bits per heavy atom. The van der Waals surface area contributed by atoms with Crippen LogP contribution >= 0.6 is 0 Å². The fraction of sp³-hybridized carbons (Fsp3) is 0.933. The Labute approximate surface area is 115 Å². The number of rotatable bonds is 3. The first kappa shape index (κ1) is 14.8. The molecule has 110 valence electrons. The molecule has 1 aliphatic carbocycles. The van der Waals surface area contributed by atoms with E-state index in [-0.39, 0.29) is 23.6 Å². The van der Waals surface area contributed by atoms with Gasteiger partial charge in [0.25, 0.3) is 0 Å². The zero-order valence-corrected chi connectivity index (χ0v) is 12.2. The number of hydrogen-bond donors (Lipinski definition) is 2. The second-order valence-electron chi connectivity index (χ2n) is 6.67. The summed E-state index contributed by atoms with van der Waals surface area (Å²) < 4.78 is 5.82. The van der Waals surface area contributed by atoms with E-state index in [4.69, 9.17) is 4.74 Å². The number of aliphatic hydroxyl groups is 1. The predicted molar refractivity (Wildman–Crippen MR) is 72.5 cm³/mol. The lowest BCUT2D eigenvalue weighted by atomic mass is 9.82. The van der Waals surface area contributed by atoms with Crippen LogP contribution in [0, 0.1) is 11.8 Å². The number of esters is 1. The largest absolute Gasteiger partial charge is 0.459 e. The molecule has 0 amide bonds. The van der Waals surface area contributed by atoms with E-state index in [1.165, 1.54) is 0 Å². The van der Waals surface area contributed by atoms with Gasteiger partial charge in [0.05, 0.1) is 25.1 Å². The number of quaternary nitrogens is 1. The highest BCUT2D eigenvalue weighted by atomic mass is 16.6. The number of ether oxygens (including phenoxy) is 1. The Balaban J connectivity index is 1.86. The van der Waals surface area contributed by atoms with Crippen LogP contribution in [0.25, 0.3) is 0 Å². The average molecular weight is 270 g/mol. The van der Waals surface area contributed by atoms with Crippen molar-refractivity contribution >= 4 is 5.97 Å². The molecule has 4 nitrogen and oxygen atoms in total. The first-order valence-electron chi connectivity index (χ1n) is 7.71. The molecule has 2 fully saturated rings. The van der Waals surface area contributed by atoms with Crippen LogP contribution in [0.4, 0.5) is 0 Å². The Bertz CT molecular complexity index is 303. The summed E-state index contributed by atoms with van der Waals surface area (Å²) in [6.45, 7) is 6.39. The van der Waals surface area contributed by atoms with Gasteiger partial charge in [0.15, 0.2) is 0 Å². The molecule has 1 heterocycles. The van der Waals surface area contributed by atoms with Crippen molar-refractivity contribution in [3.05, 3.63) is 0 Å². The van der Waals surface area contributed by atoms with Gasteiger partial charge in [-0.15, -0.1) is 0 Å². The van der Waals surface area contributed by atoms with Crippen LogP contribution in [0.2, 0.25) is 0 Å². The number of carbonyl (C=O) groups is 1. The number of carbonyl (C=O) groups excluding carboxylic acids is 1. The van der Waals surface area contributed by atoms with Gasteiger partial charge < -0.3 is 15.2 Å². The quantitative estimate of drug-likeness (QED) is 0.747. The van der Waals surface area contributed by atoms with Gasteiger partial charge in [-0.3, -0.25) is 4.79 Å². The van der Waals surface area contributed by atoms with Crippen LogP contribution in [0.3, 0.4) is 0 Å². The molecule has 0 aromatic rings. The average Bonchev–Trinajstić information content (AvgIpc) is 2.40. The lowest BCUT2D eigenvalue weighted by Gasteiger charge is -2.37. The summed E-state index contributed by atoms with van der Waals surface area (Å²) >= 11 is 0. The number of piperidine rings is 1. The van der Waals surface area contributed by atoms with Crippen molar-refractivity contribution in [2.24, 2.45) is 11.8 Å². The fourth-order valence-electron chi connectivity index (χ4n) is 3.36. The van der Waals surface area contributed by atoms with Crippen molar-refractivity contribution in [3.8, 4) is 0 Å². The third kappa shape index (κ3) is 3.93. The topological polar surface area (TPSA) is 63.1 Å². The van der Waals surface area contributed by atoms with Crippen LogP contribution in [-0.2, 0) is 9.53 Å². The van der Waals surface area contributed by atoms with E-state index in [1.807, 2.05) is 0 Å². The molecule has 1 aliphatic heterocycles. The van der Waals surface area contributed by atoms with Gasteiger partial charge in [0.1, 0.15) is 5.60 Å². The van der Waals surface area contributed by atoms with Gasteiger partial charge in [-0.1, -0.05) is 0 Å². The minimum absolute atomic E-state index is 0.00201. The fourth-order valence-corrected chi connectivity index (χ4v) is 3.36. The molecular weight excluding hydrogens is 242 g/mol. The molecule has 19 heavy (non-hydrogen) atoms. The Morgan fingerprint density at radius 2 is 1.68 bits per heavy atom. The monoisotopic (exact) mass is 270 g/mol. The van der Waals surface area contributed by atoms with Crippen molar-refractivity contribution < 1.29 is 20.0 Å². The van der Waals surface area contributed by atoms with Gasteiger partial charge in [-0.25, -0.2) is 0 Å².